The summed E-state index contributed by atoms with van der Waals surface area (Å²) in [4.78, 5) is 0.987. The fourth-order valence-corrected chi connectivity index (χ4v) is 4.61. The molecule has 0 amide bonds. The average molecular weight is 306 g/mol. The predicted molar refractivity (Wildman–Crippen MR) is 83.0 cm³/mol. The van der Waals surface area contributed by atoms with E-state index in [-0.39, 0.29) is 17.5 Å². The quantitative estimate of drug-likeness (QED) is 0.860. The molecule has 1 heterocycles. The van der Waals surface area contributed by atoms with Gasteiger partial charge in [-0.3, -0.25) is 0 Å². The number of fused-ring (bicyclic) bond motifs is 1. The van der Waals surface area contributed by atoms with Crippen LogP contribution in [0, 0.1) is 45.3 Å². The molecule has 5 heteroatoms. The molecule has 1 aromatic rings. The highest BCUT2D eigenvalue weighted by atomic mass is 32.1. The maximum absolute atomic E-state index is 9.77. The van der Waals surface area contributed by atoms with Crippen LogP contribution in [-0.2, 0) is 0 Å². The standard InChI is InChI=1S/C17H14N4S/c18-8-13-11-4-1-2-5-12(11)15(14-6-3-7-22-14)17(9-19,10-20)16(13)21/h3-4,6-7,12,15H,1-2,5,21H2/t12-,15-/m1/s1. The SMILES string of the molecule is N#CC1=C(N)C(C#N)(C#N)[C@@H](c2cccs2)[C@@H]2CCCC=C12. The first-order valence-electron chi connectivity index (χ1n) is 7.16. The zero-order chi connectivity index (χ0) is 15.7. The third kappa shape index (κ3) is 1.78. The van der Waals surface area contributed by atoms with E-state index in [4.69, 9.17) is 5.73 Å². The fourth-order valence-electron chi connectivity index (χ4n) is 3.65. The van der Waals surface area contributed by atoms with Crippen molar-refractivity contribution in [2.75, 3.05) is 0 Å². The lowest BCUT2D eigenvalue weighted by Crippen LogP contribution is -2.42. The van der Waals surface area contributed by atoms with Crippen LogP contribution in [-0.4, -0.2) is 0 Å². The number of hydrogen-bond donors (Lipinski definition) is 1. The summed E-state index contributed by atoms with van der Waals surface area (Å²) in [6, 6.07) is 10.3. The van der Waals surface area contributed by atoms with Crippen molar-refractivity contribution in [2.45, 2.75) is 25.2 Å². The Hall–Kier alpha value is -2.55. The molecule has 108 valence electrons. The van der Waals surface area contributed by atoms with Gasteiger partial charge in [0.15, 0.2) is 5.41 Å². The van der Waals surface area contributed by atoms with Crippen LogP contribution >= 0.6 is 11.3 Å². The Balaban J connectivity index is 2.33. The molecule has 2 aliphatic rings. The third-order valence-corrected chi connectivity index (χ3v) is 5.60. The minimum absolute atomic E-state index is 0.00801. The first-order valence-corrected chi connectivity index (χ1v) is 8.04. The molecule has 0 spiro atoms. The molecule has 0 aromatic carbocycles. The summed E-state index contributed by atoms with van der Waals surface area (Å²) < 4.78 is 0. The maximum Gasteiger partial charge on any atom is 0.192 e. The van der Waals surface area contributed by atoms with Crippen LogP contribution in [0.5, 0.6) is 0 Å². The number of nitriles is 3. The Kier molecular flexibility index (Phi) is 3.49. The van der Waals surface area contributed by atoms with Gasteiger partial charge in [-0.1, -0.05) is 12.1 Å². The normalized spacial score (nSPS) is 26.1. The summed E-state index contributed by atoms with van der Waals surface area (Å²) in [6.45, 7) is 0. The zero-order valence-corrected chi connectivity index (χ0v) is 12.7. The molecular formula is C17H14N4S. The highest BCUT2D eigenvalue weighted by Gasteiger charge is 2.54. The Morgan fingerprint density at radius 3 is 2.64 bits per heavy atom. The molecule has 0 fully saturated rings. The highest BCUT2D eigenvalue weighted by molar-refractivity contribution is 7.10. The first-order chi connectivity index (χ1) is 10.7. The van der Waals surface area contributed by atoms with Crippen molar-refractivity contribution in [1.82, 2.24) is 0 Å². The van der Waals surface area contributed by atoms with Gasteiger partial charge in [-0.25, -0.2) is 0 Å². The van der Waals surface area contributed by atoms with Crippen LogP contribution in [0.3, 0.4) is 0 Å². The van der Waals surface area contributed by atoms with E-state index in [1.807, 2.05) is 17.5 Å². The third-order valence-electron chi connectivity index (χ3n) is 4.65. The van der Waals surface area contributed by atoms with Gasteiger partial charge in [-0.2, -0.15) is 15.8 Å². The van der Waals surface area contributed by atoms with Crippen LogP contribution < -0.4 is 5.73 Å². The largest absolute Gasteiger partial charge is 0.399 e. The Labute approximate surface area is 133 Å². The van der Waals surface area contributed by atoms with Crippen LogP contribution in [0.2, 0.25) is 0 Å². The monoisotopic (exact) mass is 306 g/mol. The predicted octanol–water partition coefficient (Wildman–Crippen LogP) is 3.34. The van der Waals surface area contributed by atoms with Crippen molar-refractivity contribution in [1.29, 1.82) is 15.8 Å². The van der Waals surface area contributed by atoms with Gasteiger partial charge in [0.1, 0.15) is 6.07 Å². The van der Waals surface area contributed by atoms with Gasteiger partial charge >= 0.3 is 0 Å². The second kappa shape index (κ2) is 5.34. The molecule has 0 saturated heterocycles. The van der Waals surface area contributed by atoms with Gasteiger partial charge in [0.2, 0.25) is 0 Å². The van der Waals surface area contributed by atoms with Crippen LogP contribution in [0.15, 0.2) is 40.4 Å². The van der Waals surface area contributed by atoms with E-state index in [2.05, 4.69) is 24.3 Å². The number of allylic oxidation sites excluding steroid dienone is 4. The smallest absolute Gasteiger partial charge is 0.192 e. The minimum Gasteiger partial charge on any atom is -0.399 e. The molecule has 22 heavy (non-hydrogen) atoms. The van der Waals surface area contributed by atoms with E-state index < -0.39 is 5.41 Å². The maximum atomic E-state index is 9.77. The van der Waals surface area contributed by atoms with Gasteiger partial charge in [0.05, 0.1) is 23.4 Å². The molecule has 0 unspecified atom stereocenters. The number of rotatable bonds is 1. The van der Waals surface area contributed by atoms with Crippen molar-refractivity contribution in [2.24, 2.45) is 17.1 Å². The summed E-state index contributed by atoms with van der Waals surface area (Å²) in [5.41, 5.74) is 6.08. The average Bonchev–Trinajstić information content (AvgIpc) is 3.08. The lowest BCUT2D eigenvalue weighted by molar-refractivity contribution is 0.321. The topological polar surface area (TPSA) is 97.4 Å². The van der Waals surface area contributed by atoms with Gasteiger partial charge in [0, 0.05) is 10.8 Å². The van der Waals surface area contributed by atoms with Gasteiger partial charge in [-0.15, -0.1) is 11.3 Å². The summed E-state index contributed by atoms with van der Waals surface area (Å²) in [7, 11) is 0. The van der Waals surface area contributed by atoms with E-state index in [1.165, 1.54) is 11.3 Å². The Morgan fingerprint density at radius 1 is 1.27 bits per heavy atom. The molecule has 2 atom stereocenters. The fraction of sp³-hybridized carbons (Fsp3) is 0.353. The van der Waals surface area contributed by atoms with Crippen molar-refractivity contribution in [3.8, 4) is 18.2 Å². The van der Waals surface area contributed by atoms with Crippen LogP contribution in [0.25, 0.3) is 0 Å². The second-order valence-electron chi connectivity index (χ2n) is 5.62. The number of hydrogen-bond acceptors (Lipinski definition) is 5. The zero-order valence-electron chi connectivity index (χ0n) is 11.9. The van der Waals surface area contributed by atoms with Gasteiger partial charge in [0.25, 0.3) is 0 Å². The molecule has 2 aliphatic carbocycles. The summed E-state index contributed by atoms with van der Waals surface area (Å²) in [5.74, 6) is -0.292. The summed E-state index contributed by atoms with van der Waals surface area (Å²) >= 11 is 1.54. The number of nitrogens with zero attached hydrogens (tertiary/aromatic N) is 3. The second-order valence-corrected chi connectivity index (χ2v) is 6.60. The lowest BCUT2D eigenvalue weighted by atomic mass is 9.58. The molecule has 0 radical (unpaired) electrons. The van der Waals surface area contributed by atoms with Crippen molar-refractivity contribution < 1.29 is 0 Å². The van der Waals surface area contributed by atoms with Crippen molar-refractivity contribution in [3.63, 3.8) is 0 Å². The molecule has 0 bridgehead atoms. The lowest BCUT2D eigenvalue weighted by Gasteiger charge is -2.42. The Morgan fingerprint density at radius 2 is 2.05 bits per heavy atom. The van der Waals surface area contributed by atoms with Gasteiger partial charge < -0.3 is 5.73 Å². The van der Waals surface area contributed by atoms with E-state index in [0.717, 1.165) is 29.7 Å². The molecular weight excluding hydrogens is 292 g/mol. The molecule has 3 rings (SSSR count). The highest BCUT2D eigenvalue weighted by Crippen LogP contribution is 2.56. The van der Waals surface area contributed by atoms with Crippen molar-refractivity contribution >= 4 is 11.3 Å². The Bertz CT molecular complexity index is 766. The van der Waals surface area contributed by atoms with Crippen molar-refractivity contribution in [3.05, 3.63) is 45.3 Å². The molecule has 2 N–H and O–H groups in total. The first kappa shape index (κ1) is 14.4. The van der Waals surface area contributed by atoms with E-state index in [9.17, 15) is 15.8 Å². The van der Waals surface area contributed by atoms with Crippen LogP contribution in [0.4, 0.5) is 0 Å². The molecule has 0 saturated carbocycles. The minimum atomic E-state index is -1.46. The van der Waals surface area contributed by atoms with E-state index >= 15 is 0 Å². The van der Waals surface area contributed by atoms with E-state index in [0.29, 0.717) is 5.57 Å². The number of thiophene rings is 1. The van der Waals surface area contributed by atoms with E-state index in [1.54, 1.807) is 0 Å². The van der Waals surface area contributed by atoms with Crippen LogP contribution in [0.1, 0.15) is 30.1 Å². The van der Waals surface area contributed by atoms with Gasteiger partial charge in [-0.05, 0) is 42.2 Å². The molecule has 0 aliphatic heterocycles. The molecule has 1 aromatic heterocycles. The summed E-state index contributed by atoms with van der Waals surface area (Å²) in [6.07, 6.45) is 4.84. The number of nitrogens with two attached hydrogens (primary N) is 1. The summed E-state index contributed by atoms with van der Waals surface area (Å²) in [5, 5.41) is 31.0. The molecule has 4 nitrogen and oxygen atoms in total.